The average molecular weight is 282 g/mol. The highest BCUT2D eigenvalue weighted by atomic mass is 32.2. The zero-order valence-corrected chi connectivity index (χ0v) is 11.7. The molecular formula is C15H10N2S2. The van der Waals surface area contributed by atoms with Crippen molar-refractivity contribution < 1.29 is 0 Å². The molecule has 92 valence electrons. The average Bonchev–Trinajstić information content (AvgIpc) is 2.44. The lowest BCUT2D eigenvalue weighted by atomic mass is 10.1. The second-order valence-electron chi connectivity index (χ2n) is 3.78. The molecule has 2 nitrogen and oxygen atoms in total. The molecule has 0 radical (unpaired) electrons. The van der Waals surface area contributed by atoms with E-state index in [4.69, 9.17) is 10.5 Å². The minimum Gasteiger partial charge on any atom is -0.185 e. The van der Waals surface area contributed by atoms with Gasteiger partial charge in [0.25, 0.3) is 0 Å². The molecule has 0 spiro atoms. The Kier molecular flexibility index (Phi) is 4.92. The van der Waals surface area contributed by atoms with E-state index in [-0.39, 0.29) is 0 Å². The van der Waals surface area contributed by atoms with E-state index in [2.05, 4.69) is 10.8 Å². The second kappa shape index (κ2) is 6.89. The molecule has 19 heavy (non-hydrogen) atoms. The highest BCUT2D eigenvalue weighted by Crippen LogP contribution is 2.28. The largest absolute Gasteiger partial charge is 0.185 e. The van der Waals surface area contributed by atoms with Crippen molar-refractivity contribution in [2.24, 2.45) is 0 Å². The Hall–Kier alpha value is -1.88. The van der Waals surface area contributed by atoms with E-state index in [1.54, 1.807) is 0 Å². The van der Waals surface area contributed by atoms with Crippen molar-refractivity contribution in [2.75, 3.05) is 0 Å². The first kappa shape index (κ1) is 13.5. The third-order valence-electron chi connectivity index (χ3n) is 2.64. The molecule has 2 aromatic carbocycles. The Morgan fingerprint density at radius 2 is 1.16 bits per heavy atom. The van der Waals surface area contributed by atoms with Gasteiger partial charge in [0.15, 0.2) is 0 Å². The molecule has 4 heteroatoms. The highest BCUT2D eigenvalue weighted by molar-refractivity contribution is 8.04. The SMILES string of the molecule is N#CSc1ccccc1Cc1ccccc1SC#N. The van der Waals surface area contributed by atoms with E-state index in [0.717, 1.165) is 27.3 Å². The fraction of sp³-hybridized carbons (Fsp3) is 0.0667. The standard InChI is InChI=1S/C15H10N2S2/c16-10-18-14-7-3-1-5-12(14)9-13-6-2-4-8-15(13)19-11-17/h1-8H,9H2. The molecule has 0 saturated heterocycles. The predicted molar refractivity (Wildman–Crippen MR) is 78.6 cm³/mol. The van der Waals surface area contributed by atoms with Crippen LogP contribution in [-0.2, 0) is 6.42 Å². The van der Waals surface area contributed by atoms with Crippen LogP contribution >= 0.6 is 23.5 Å². The first-order valence-electron chi connectivity index (χ1n) is 5.63. The van der Waals surface area contributed by atoms with Crippen LogP contribution in [-0.4, -0.2) is 0 Å². The molecule has 0 saturated carbocycles. The molecule has 0 aliphatic rings. The maximum Gasteiger partial charge on any atom is 0.138 e. The summed E-state index contributed by atoms with van der Waals surface area (Å²) in [5.74, 6) is 0. The predicted octanol–water partition coefficient (Wildman–Crippen LogP) is 4.42. The van der Waals surface area contributed by atoms with E-state index in [0.29, 0.717) is 0 Å². The van der Waals surface area contributed by atoms with Crippen LogP contribution in [0.4, 0.5) is 0 Å². The molecule has 0 heterocycles. The van der Waals surface area contributed by atoms with Gasteiger partial charge in [0.1, 0.15) is 10.8 Å². The third-order valence-corrected chi connectivity index (χ3v) is 4.06. The lowest BCUT2D eigenvalue weighted by Crippen LogP contribution is -1.92. The van der Waals surface area contributed by atoms with Crippen molar-refractivity contribution in [3.8, 4) is 10.8 Å². The van der Waals surface area contributed by atoms with Crippen LogP contribution in [0.5, 0.6) is 0 Å². The maximum atomic E-state index is 8.81. The van der Waals surface area contributed by atoms with E-state index in [1.165, 1.54) is 23.5 Å². The Balaban J connectivity index is 2.32. The maximum absolute atomic E-state index is 8.81. The van der Waals surface area contributed by atoms with Crippen LogP contribution in [0.15, 0.2) is 58.3 Å². The van der Waals surface area contributed by atoms with Gasteiger partial charge in [0.05, 0.1) is 0 Å². The first-order valence-corrected chi connectivity index (χ1v) is 7.26. The second-order valence-corrected chi connectivity index (χ2v) is 5.43. The fourth-order valence-electron chi connectivity index (χ4n) is 1.80. The normalized spacial score (nSPS) is 9.58. The summed E-state index contributed by atoms with van der Waals surface area (Å²) in [5.41, 5.74) is 2.22. The molecule has 2 rings (SSSR count). The molecule has 0 amide bonds. The Bertz CT molecular complexity index is 596. The molecule has 0 aromatic heterocycles. The van der Waals surface area contributed by atoms with Crippen molar-refractivity contribution >= 4 is 23.5 Å². The van der Waals surface area contributed by atoms with Gasteiger partial charge >= 0.3 is 0 Å². The van der Waals surface area contributed by atoms with Gasteiger partial charge in [-0.25, -0.2) is 0 Å². The molecule has 0 fully saturated rings. The van der Waals surface area contributed by atoms with Crippen LogP contribution < -0.4 is 0 Å². The van der Waals surface area contributed by atoms with Crippen LogP contribution in [0.3, 0.4) is 0 Å². The molecule has 0 aliphatic heterocycles. The van der Waals surface area contributed by atoms with Gasteiger partial charge in [-0.05, 0) is 53.2 Å². The van der Waals surface area contributed by atoms with E-state index >= 15 is 0 Å². The lowest BCUT2D eigenvalue weighted by Gasteiger charge is -2.08. The molecule has 0 aliphatic carbocycles. The number of hydrogen-bond donors (Lipinski definition) is 0. The Morgan fingerprint density at radius 1 is 0.737 bits per heavy atom. The summed E-state index contributed by atoms with van der Waals surface area (Å²) in [6.07, 6.45) is 0.732. The summed E-state index contributed by atoms with van der Waals surface area (Å²) in [6.45, 7) is 0. The van der Waals surface area contributed by atoms with Crippen molar-refractivity contribution in [1.82, 2.24) is 0 Å². The zero-order chi connectivity index (χ0) is 13.5. The number of nitrogens with zero attached hydrogens (tertiary/aromatic N) is 2. The third kappa shape index (κ3) is 3.54. The smallest absolute Gasteiger partial charge is 0.138 e. The van der Waals surface area contributed by atoms with Crippen LogP contribution in [0, 0.1) is 21.3 Å². The van der Waals surface area contributed by atoms with Gasteiger partial charge < -0.3 is 0 Å². The summed E-state index contributed by atoms with van der Waals surface area (Å²) < 4.78 is 0. The molecule has 0 bridgehead atoms. The summed E-state index contributed by atoms with van der Waals surface area (Å²) in [7, 11) is 0. The van der Waals surface area contributed by atoms with E-state index in [9.17, 15) is 0 Å². The summed E-state index contributed by atoms with van der Waals surface area (Å²) >= 11 is 2.35. The van der Waals surface area contributed by atoms with Crippen molar-refractivity contribution in [2.45, 2.75) is 16.2 Å². The van der Waals surface area contributed by atoms with Gasteiger partial charge in [-0.1, -0.05) is 36.4 Å². The minimum absolute atomic E-state index is 0.732. The summed E-state index contributed by atoms with van der Waals surface area (Å²) in [5, 5.41) is 21.8. The number of thioether (sulfide) groups is 2. The number of hydrogen-bond acceptors (Lipinski definition) is 4. The van der Waals surface area contributed by atoms with Crippen LogP contribution in [0.2, 0.25) is 0 Å². The van der Waals surface area contributed by atoms with Crippen LogP contribution in [0.1, 0.15) is 11.1 Å². The topological polar surface area (TPSA) is 47.6 Å². The van der Waals surface area contributed by atoms with Gasteiger partial charge in [-0.3, -0.25) is 0 Å². The van der Waals surface area contributed by atoms with Crippen molar-refractivity contribution in [1.29, 1.82) is 10.5 Å². The lowest BCUT2D eigenvalue weighted by molar-refractivity contribution is 1.09. The number of rotatable bonds is 4. The molecular weight excluding hydrogens is 272 g/mol. The highest BCUT2D eigenvalue weighted by Gasteiger charge is 2.07. The molecule has 0 unspecified atom stereocenters. The molecule has 2 aromatic rings. The fourth-order valence-corrected chi connectivity index (χ4v) is 2.83. The number of thiocyanates is 2. The van der Waals surface area contributed by atoms with Gasteiger partial charge in [0.2, 0.25) is 0 Å². The monoisotopic (exact) mass is 282 g/mol. The first-order chi connectivity index (χ1) is 9.35. The van der Waals surface area contributed by atoms with Crippen molar-refractivity contribution in [3.63, 3.8) is 0 Å². The van der Waals surface area contributed by atoms with Gasteiger partial charge in [-0.15, -0.1) is 0 Å². The zero-order valence-electron chi connectivity index (χ0n) is 10.0. The Labute approximate surface area is 121 Å². The molecule has 0 N–H and O–H groups in total. The van der Waals surface area contributed by atoms with Gasteiger partial charge in [-0.2, -0.15) is 10.5 Å². The van der Waals surface area contributed by atoms with Gasteiger partial charge in [0, 0.05) is 9.79 Å². The van der Waals surface area contributed by atoms with Crippen LogP contribution in [0.25, 0.3) is 0 Å². The summed E-state index contributed by atoms with van der Waals surface area (Å²) in [6, 6.07) is 15.7. The number of nitriles is 2. The van der Waals surface area contributed by atoms with Crippen molar-refractivity contribution in [3.05, 3.63) is 59.7 Å². The minimum atomic E-state index is 0.732. The van der Waals surface area contributed by atoms with E-state index in [1.807, 2.05) is 48.5 Å². The van der Waals surface area contributed by atoms with E-state index < -0.39 is 0 Å². The Morgan fingerprint density at radius 3 is 1.58 bits per heavy atom. The quantitative estimate of drug-likeness (QED) is 0.615. The summed E-state index contributed by atoms with van der Waals surface area (Å²) in [4.78, 5) is 1.95. The molecule has 0 atom stereocenters. The number of benzene rings is 2.